The highest BCUT2D eigenvalue weighted by molar-refractivity contribution is 5.37. The number of nitriles is 1. The van der Waals surface area contributed by atoms with Crippen molar-refractivity contribution in [2.45, 2.75) is 12.7 Å². The average Bonchev–Trinajstić information content (AvgIpc) is 2.40. The molecule has 0 aliphatic carbocycles. The minimum absolute atomic E-state index is 0.0769. The number of rotatable bonds is 2. The highest BCUT2D eigenvalue weighted by atomic mass is 19.4. The van der Waals surface area contributed by atoms with Crippen molar-refractivity contribution in [1.82, 2.24) is 4.57 Å². The summed E-state index contributed by atoms with van der Waals surface area (Å²) < 4.78 is 38.8. The molecule has 2 rings (SSSR count). The predicted octanol–water partition coefficient (Wildman–Crippen LogP) is 2.79. The fourth-order valence-corrected chi connectivity index (χ4v) is 1.77. The topological polar surface area (TPSA) is 45.8 Å². The Labute approximate surface area is 112 Å². The van der Waals surface area contributed by atoms with Gasteiger partial charge in [-0.15, -0.1) is 0 Å². The second-order valence-electron chi connectivity index (χ2n) is 4.15. The normalized spacial score (nSPS) is 11.1. The molecule has 0 fully saturated rings. The van der Waals surface area contributed by atoms with E-state index >= 15 is 0 Å². The van der Waals surface area contributed by atoms with E-state index in [1.54, 1.807) is 24.3 Å². The minimum atomic E-state index is -4.51. The fourth-order valence-electron chi connectivity index (χ4n) is 1.77. The number of benzene rings is 1. The number of pyridine rings is 1. The zero-order valence-corrected chi connectivity index (χ0v) is 10.2. The van der Waals surface area contributed by atoms with Crippen molar-refractivity contribution in [3.63, 3.8) is 0 Å². The van der Waals surface area contributed by atoms with Crippen LogP contribution < -0.4 is 5.56 Å². The standard InChI is InChI=1S/C14H9F3N2O/c15-14(16,17)12-5-6-13(20)19(9-12)8-11-4-2-1-3-10(11)7-18/h1-6,9H,8H2. The van der Waals surface area contributed by atoms with E-state index < -0.39 is 17.3 Å². The lowest BCUT2D eigenvalue weighted by Crippen LogP contribution is -2.22. The Morgan fingerprint density at radius 1 is 1.15 bits per heavy atom. The Hall–Kier alpha value is -2.55. The lowest BCUT2D eigenvalue weighted by molar-refractivity contribution is -0.138. The van der Waals surface area contributed by atoms with Crippen LogP contribution in [0.5, 0.6) is 0 Å². The van der Waals surface area contributed by atoms with Gasteiger partial charge in [-0.3, -0.25) is 4.79 Å². The summed E-state index contributed by atoms with van der Waals surface area (Å²) in [6.07, 6.45) is -3.75. The van der Waals surface area contributed by atoms with Crippen LogP contribution in [0, 0.1) is 11.3 Å². The van der Waals surface area contributed by atoms with Gasteiger partial charge in [0.05, 0.1) is 23.7 Å². The molecule has 0 bridgehead atoms. The van der Waals surface area contributed by atoms with E-state index in [0.29, 0.717) is 11.1 Å². The fraction of sp³-hybridized carbons (Fsp3) is 0.143. The van der Waals surface area contributed by atoms with Crippen molar-refractivity contribution in [3.05, 3.63) is 69.6 Å². The summed E-state index contributed by atoms with van der Waals surface area (Å²) >= 11 is 0. The van der Waals surface area contributed by atoms with Gasteiger partial charge in [-0.1, -0.05) is 18.2 Å². The van der Waals surface area contributed by atoms with E-state index in [1.807, 2.05) is 6.07 Å². The van der Waals surface area contributed by atoms with Gasteiger partial charge in [-0.2, -0.15) is 18.4 Å². The molecule has 0 radical (unpaired) electrons. The maximum Gasteiger partial charge on any atom is 0.417 e. The van der Waals surface area contributed by atoms with Crippen LogP contribution >= 0.6 is 0 Å². The van der Waals surface area contributed by atoms with Crippen molar-refractivity contribution in [2.24, 2.45) is 0 Å². The number of alkyl halides is 3. The quantitative estimate of drug-likeness (QED) is 0.848. The lowest BCUT2D eigenvalue weighted by Gasteiger charge is -2.11. The SMILES string of the molecule is N#Cc1ccccc1Cn1cc(C(F)(F)F)ccc1=O. The molecule has 6 heteroatoms. The first-order chi connectivity index (χ1) is 9.41. The zero-order valence-electron chi connectivity index (χ0n) is 10.2. The largest absolute Gasteiger partial charge is 0.417 e. The first-order valence-electron chi connectivity index (χ1n) is 5.67. The summed E-state index contributed by atoms with van der Waals surface area (Å²) in [4.78, 5) is 11.6. The van der Waals surface area contributed by atoms with E-state index in [1.165, 1.54) is 0 Å². The van der Waals surface area contributed by atoms with Gasteiger partial charge in [0.25, 0.3) is 5.56 Å². The van der Waals surface area contributed by atoms with Crippen LogP contribution in [0.4, 0.5) is 13.2 Å². The summed E-state index contributed by atoms with van der Waals surface area (Å²) in [6, 6.07) is 10.0. The molecule has 3 nitrogen and oxygen atoms in total. The molecule has 0 aliphatic rings. The van der Waals surface area contributed by atoms with Gasteiger partial charge < -0.3 is 4.57 Å². The lowest BCUT2D eigenvalue weighted by atomic mass is 10.1. The molecule has 2 aromatic rings. The van der Waals surface area contributed by atoms with Gasteiger partial charge in [0.15, 0.2) is 0 Å². The van der Waals surface area contributed by atoms with Gasteiger partial charge in [0.1, 0.15) is 0 Å². The van der Waals surface area contributed by atoms with Crippen molar-refractivity contribution in [3.8, 4) is 6.07 Å². The van der Waals surface area contributed by atoms with Crippen LogP contribution in [0.1, 0.15) is 16.7 Å². The van der Waals surface area contributed by atoms with Crippen molar-refractivity contribution in [2.75, 3.05) is 0 Å². The van der Waals surface area contributed by atoms with Gasteiger partial charge in [0, 0.05) is 12.3 Å². The predicted molar refractivity (Wildman–Crippen MR) is 66.0 cm³/mol. The van der Waals surface area contributed by atoms with Crippen LogP contribution in [0.3, 0.4) is 0 Å². The number of hydrogen-bond donors (Lipinski definition) is 0. The van der Waals surface area contributed by atoms with Crippen molar-refractivity contribution in [1.29, 1.82) is 5.26 Å². The molecule has 0 amide bonds. The summed E-state index contributed by atoms with van der Waals surface area (Å²) in [6.45, 7) is -0.0769. The van der Waals surface area contributed by atoms with E-state index in [2.05, 4.69) is 0 Å². The first kappa shape index (κ1) is 13.9. The molecule has 1 heterocycles. The van der Waals surface area contributed by atoms with Crippen molar-refractivity contribution < 1.29 is 13.2 Å². The highest BCUT2D eigenvalue weighted by Crippen LogP contribution is 2.28. The average molecular weight is 278 g/mol. The molecule has 0 atom stereocenters. The van der Waals surface area contributed by atoms with Gasteiger partial charge >= 0.3 is 6.18 Å². The number of hydrogen-bond acceptors (Lipinski definition) is 2. The molecule has 1 aromatic heterocycles. The summed E-state index contributed by atoms with van der Waals surface area (Å²) in [5.41, 5.74) is -0.620. The monoisotopic (exact) mass is 278 g/mol. The maximum atomic E-state index is 12.6. The van der Waals surface area contributed by atoms with E-state index in [9.17, 15) is 18.0 Å². The molecule has 0 aliphatic heterocycles. The summed E-state index contributed by atoms with van der Waals surface area (Å²) in [5.74, 6) is 0. The third-order valence-corrected chi connectivity index (χ3v) is 2.79. The second kappa shape index (κ2) is 5.21. The third-order valence-electron chi connectivity index (χ3n) is 2.79. The molecule has 0 unspecified atom stereocenters. The van der Waals surface area contributed by atoms with Crippen LogP contribution in [0.25, 0.3) is 0 Å². The molecular weight excluding hydrogens is 269 g/mol. The molecule has 0 spiro atoms. The molecule has 0 saturated carbocycles. The molecule has 1 aromatic carbocycles. The molecule has 20 heavy (non-hydrogen) atoms. The highest BCUT2D eigenvalue weighted by Gasteiger charge is 2.31. The summed E-state index contributed by atoms with van der Waals surface area (Å²) in [5, 5.41) is 8.93. The van der Waals surface area contributed by atoms with E-state index in [4.69, 9.17) is 5.26 Å². The molecular formula is C14H9F3N2O. The Morgan fingerprint density at radius 3 is 2.50 bits per heavy atom. The summed E-state index contributed by atoms with van der Waals surface area (Å²) in [7, 11) is 0. The Bertz CT molecular complexity index is 726. The second-order valence-corrected chi connectivity index (χ2v) is 4.15. The Morgan fingerprint density at radius 2 is 1.85 bits per heavy atom. The van der Waals surface area contributed by atoms with Crippen LogP contribution in [0.15, 0.2) is 47.4 Å². The van der Waals surface area contributed by atoms with Crippen molar-refractivity contribution >= 4 is 0 Å². The molecule has 0 saturated heterocycles. The molecule has 102 valence electrons. The Kier molecular flexibility index (Phi) is 3.61. The number of aromatic nitrogens is 1. The zero-order chi connectivity index (χ0) is 14.8. The molecule has 0 N–H and O–H groups in total. The van der Waals surface area contributed by atoms with Gasteiger partial charge in [0.2, 0.25) is 0 Å². The third kappa shape index (κ3) is 2.88. The van der Waals surface area contributed by atoms with Gasteiger partial charge in [-0.05, 0) is 17.7 Å². The van der Waals surface area contributed by atoms with Crippen LogP contribution in [-0.4, -0.2) is 4.57 Å². The van der Waals surface area contributed by atoms with Gasteiger partial charge in [-0.25, -0.2) is 0 Å². The minimum Gasteiger partial charge on any atom is -0.310 e. The Balaban J connectivity index is 2.44. The number of nitrogens with zero attached hydrogens (tertiary/aromatic N) is 2. The van der Waals surface area contributed by atoms with Crippen LogP contribution in [0.2, 0.25) is 0 Å². The van der Waals surface area contributed by atoms with Crippen LogP contribution in [-0.2, 0) is 12.7 Å². The smallest absolute Gasteiger partial charge is 0.310 e. The number of halogens is 3. The maximum absolute atomic E-state index is 12.6. The van der Waals surface area contributed by atoms with E-state index in [0.717, 1.165) is 22.9 Å². The first-order valence-corrected chi connectivity index (χ1v) is 5.67. The van der Waals surface area contributed by atoms with E-state index in [-0.39, 0.29) is 6.54 Å².